The molecule has 84 valence electrons. The van der Waals surface area contributed by atoms with E-state index >= 15 is 0 Å². The van der Waals surface area contributed by atoms with Gasteiger partial charge >= 0.3 is 0 Å². The van der Waals surface area contributed by atoms with Gasteiger partial charge in [0.1, 0.15) is 11.6 Å². The quantitative estimate of drug-likeness (QED) is 0.767. The molecule has 16 heavy (non-hydrogen) atoms. The van der Waals surface area contributed by atoms with Crippen LogP contribution in [0.25, 0.3) is 11.4 Å². The number of nitrogen functional groups attached to an aromatic ring is 1. The van der Waals surface area contributed by atoms with Crippen LogP contribution in [0.4, 0.5) is 5.69 Å². The number of hydrogen-bond acceptors (Lipinski definition) is 4. The van der Waals surface area contributed by atoms with E-state index in [9.17, 15) is 0 Å². The summed E-state index contributed by atoms with van der Waals surface area (Å²) in [6.45, 7) is 2.02. The minimum absolute atomic E-state index is 0.586. The molecule has 0 atom stereocenters. The van der Waals surface area contributed by atoms with E-state index in [-0.39, 0.29) is 0 Å². The van der Waals surface area contributed by atoms with Gasteiger partial charge in [0.2, 0.25) is 0 Å². The van der Waals surface area contributed by atoms with Crippen molar-refractivity contribution in [3.8, 4) is 17.1 Å². The lowest BCUT2D eigenvalue weighted by Gasteiger charge is -2.04. The highest BCUT2D eigenvalue weighted by Gasteiger charge is 2.07. The van der Waals surface area contributed by atoms with Crippen LogP contribution in [0.5, 0.6) is 5.75 Å². The van der Waals surface area contributed by atoms with Gasteiger partial charge in [0.15, 0.2) is 5.82 Å². The summed E-state index contributed by atoms with van der Waals surface area (Å²) in [5.74, 6) is 2.19. The number of benzene rings is 1. The number of ether oxygens (including phenoxy) is 1. The fourth-order valence-corrected chi connectivity index (χ4v) is 1.46. The topological polar surface area (TPSA) is 76.8 Å². The molecule has 1 heterocycles. The number of aromatic nitrogens is 3. The summed E-state index contributed by atoms with van der Waals surface area (Å²) in [5.41, 5.74) is 7.29. The van der Waals surface area contributed by atoms with E-state index in [4.69, 9.17) is 10.5 Å². The van der Waals surface area contributed by atoms with Gasteiger partial charge in [-0.2, -0.15) is 5.10 Å². The second-order valence-electron chi connectivity index (χ2n) is 3.42. The Hall–Kier alpha value is -2.04. The number of nitrogens with zero attached hydrogens (tertiary/aromatic N) is 2. The van der Waals surface area contributed by atoms with Crippen molar-refractivity contribution >= 4 is 5.69 Å². The predicted molar refractivity (Wildman–Crippen MR) is 62.2 cm³/mol. The third-order valence-electron chi connectivity index (χ3n) is 2.35. The number of methoxy groups -OCH3 is 1. The molecule has 0 radical (unpaired) electrons. The number of hydrogen-bond donors (Lipinski definition) is 2. The molecule has 0 amide bonds. The maximum Gasteiger partial charge on any atom is 0.181 e. The molecule has 0 fully saturated rings. The van der Waals surface area contributed by atoms with Gasteiger partial charge in [-0.25, -0.2) is 4.98 Å². The van der Waals surface area contributed by atoms with Gasteiger partial charge in [-0.15, -0.1) is 0 Å². The van der Waals surface area contributed by atoms with Crippen molar-refractivity contribution in [1.29, 1.82) is 0 Å². The van der Waals surface area contributed by atoms with Crippen LogP contribution in [0, 0.1) is 0 Å². The first-order chi connectivity index (χ1) is 7.74. The van der Waals surface area contributed by atoms with E-state index in [1.54, 1.807) is 13.2 Å². The normalized spacial score (nSPS) is 10.4. The van der Waals surface area contributed by atoms with Crippen LogP contribution in [0.1, 0.15) is 12.7 Å². The minimum Gasteiger partial charge on any atom is -0.495 e. The molecule has 0 unspecified atom stereocenters. The largest absolute Gasteiger partial charge is 0.495 e. The van der Waals surface area contributed by atoms with Crippen LogP contribution in [0.2, 0.25) is 0 Å². The molecule has 2 rings (SSSR count). The van der Waals surface area contributed by atoms with E-state index in [0.29, 0.717) is 17.3 Å². The van der Waals surface area contributed by atoms with Gasteiger partial charge in [-0.1, -0.05) is 6.92 Å². The fourth-order valence-electron chi connectivity index (χ4n) is 1.46. The van der Waals surface area contributed by atoms with E-state index in [0.717, 1.165) is 17.8 Å². The molecule has 0 saturated carbocycles. The molecule has 2 aromatic rings. The third kappa shape index (κ3) is 1.84. The maximum atomic E-state index is 5.82. The standard InChI is InChI=1S/C11H14N4O/c1-3-10-13-11(15-14-10)7-4-5-9(16-2)8(12)6-7/h4-6H,3,12H2,1-2H3,(H,13,14,15). The van der Waals surface area contributed by atoms with E-state index < -0.39 is 0 Å². The summed E-state index contributed by atoms with van der Waals surface area (Å²) in [6, 6.07) is 5.51. The van der Waals surface area contributed by atoms with E-state index in [1.165, 1.54) is 0 Å². The number of nitrogens with two attached hydrogens (primary N) is 1. The summed E-state index contributed by atoms with van der Waals surface area (Å²) >= 11 is 0. The van der Waals surface area contributed by atoms with Crippen molar-refractivity contribution in [3.63, 3.8) is 0 Å². The molecule has 5 nitrogen and oxygen atoms in total. The molecule has 0 aliphatic rings. The summed E-state index contributed by atoms with van der Waals surface area (Å²) < 4.78 is 5.09. The zero-order valence-electron chi connectivity index (χ0n) is 9.32. The van der Waals surface area contributed by atoms with E-state index in [1.807, 2.05) is 19.1 Å². The van der Waals surface area contributed by atoms with Crippen molar-refractivity contribution in [3.05, 3.63) is 24.0 Å². The number of aromatic amines is 1. The number of rotatable bonds is 3. The molecular formula is C11H14N4O. The first-order valence-electron chi connectivity index (χ1n) is 5.09. The van der Waals surface area contributed by atoms with Crippen LogP contribution in [-0.4, -0.2) is 22.3 Å². The molecule has 0 spiro atoms. The Balaban J connectivity index is 2.37. The van der Waals surface area contributed by atoms with Crippen molar-refractivity contribution in [2.75, 3.05) is 12.8 Å². The summed E-state index contributed by atoms with van der Waals surface area (Å²) in [6.07, 6.45) is 0.832. The second kappa shape index (κ2) is 4.22. The smallest absolute Gasteiger partial charge is 0.181 e. The highest BCUT2D eigenvalue weighted by atomic mass is 16.5. The molecule has 0 aliphatic heterocycles. The Morgan fingerprint density at radius 3 is 2.81 bits per heavy atom. The average Bonchev–Trinajstić information content (AvgIpc) is 2.77. The molecule has 0 bridgehead atoms. The van der Waals surface area contributed by atoms with Gasteiger partial charge in [0.05, 0.1) is 12.8 Å². The molecule has 1 aromatic heterocycles. The summed E-state index contributed by atoms with van der Waals surface area (Å²) in [5, 5.41) is 6.99. The Morgan fingerprint density at radius 2 is 2.25 bits per heavy atom. The Morgan fingerprint density at radius 1 is 1.44 bits per heavy atom. The predicted octanol–water partition coefficient (Wildman–Crippen LogP) is 1.62. The zero-order chi connectivity index (χ0) is 11.5. The number of nitrogens with one attached hydrogen (secondary N) is 1. The second-order valence-corrected chi connectivity index (χ2v) is 3.42. The van der Waals surface area contributed by atoms with Gasteiger partial charge in [-0.05, 0) is 18.2 Å². The number of aryl methyl sites for hydroxylation is 1. The van der Waals surface area contributed by atoms with Gasteiger partial charge in [0.25, 0.3) is 0 Å². The lowest BCUT2D eigenvalue weighted by molar-refractivity contribution is 0.417. The molecule has 3 N–H and O–H groups in total. The average molecular weight is 218 g/mol. The van der Waals surface area contributed by atoms with Gasteiger partial charge in [0, 0.05) is 12.0 Å². The van der Waals surface area contributed by atoms with Crippen molar-refractivity contribution < 1.29 is 4.74 Å². The number of H-pyrrole nitrogens is 1. The van der Waals surface area contributed by atoms with Gasteiger partial charge < -0.3 is 10.5 Å². The SMILES string of the molecule is CCc1nc(-c2ccc(OC)c(N)c2)n[nH]1. The molecule has 1 aromatic carbocycles. The van der Waals surface area contributed by atoms with Crippen LogP contribution in [0.15, 0.2) is 18.2 Å². The summed E-state index contributed by atoms with van der Waals surface area (Å²) in [7, 11) is 1.59. The monoisotopic (exact) mass is 218 g/mol. The van der Waals surface area contributed by atoms with Crippen LogP contribution < -0.4 is 10.5 Å². The van der Waals surface area contributed by atoms with Crippen LogP contribution >= 0.6 is 0 Å². The van der Waals surface area contributed by atoms with Crippen LogP contribution in [-0.2, 0) is 6.42 Å². The Labute approximate surface area is 93.7 Å². The first kappa shape index (κ1) is 10.5. The fraction of sp³-hybridized carbons (Fsp3) is 0.273. The first-order valence-corrected chi connectivity index (χ1v) is 5.09. The maximum absolute atomic E-state index is 5.82. The number of anilines is 1. The Kier molecular flexibility index (Phi) is 2.76. The Bertz CT molecular complexity index is 492. The van der Waals surface area contributed by atoms with Crippen molar-refractivity contribution in [2.45, 2.75) is 13.3 Å². The van der Waals surface area contributed by atoms with E-state index in [2.05, 4.69) is 15.2 Å². The van der Waals surface area contributed by atoms with Crippen molar-refractivity contribution in [1.82, 2.24) is 15.2 Å². The summed E-state index contributed by atoms with van der Waals surface area (Å²) in [4.78, 5) is 4.33. The third-order valence-corrected chi connectivity index (χ3v) is 2.35. The molecular weight excluding hydrogens is 204 g/mol. The van der Waals surface area contributed by atoms with Crippen LogP contribution in [0.3, 0.4) is 0 Å². The molecule has 5 heteroatoms. The highest BCUT2D eigenvalue weighted by molar-refractivity contribution is 5.66. The lowest BCUT2D eigenvalue weighted by atomic mass is 10.2. The van der Waals surface area contributed by atoms with Crippen molar-refractivity contribution in [2.24, 2.45) is 0 Å². The lowest BCUT2D eigenvalue weighted by Crippen LogP contribution is -1.93. The van der Waals surface area contributed by atoms with Gasteiger partial charge in [-0.3, -0.25) is 5.10 Å². The zero-order valence-corrected chi connectivity index (χ0v) is 9.32. The minimum atomic E-state index is 0.586. The molecule has 0 aliphatic carbocycles. The highest BCUT2D eigenvalue weighted by Crippen LogP contribution is 2.26. The molecule has 0 saturated heterocycles.